The Kier molecular flexibility index (Phi) is 3.02. The van der Waals surface area contributed by atoms with E-state index in [-0.39, 0.29) is 0 Å². The van der Waals surface area contributed by atoms with Gasteiger partial charge in [0.25, 0.3) is 10.1 Å². The maximum absolute atomic E-state index is 10.8. The summed E-state index contributed by atoms with van der Waals surface area (Å²) in [4.78, 5) is 0. The van der Waals surface area contributed by atoms with Crippen LogP contribution in [0.3, 0.4) is 0 Å². The van der Waals surface area contributed by atoms with Crippen LogP contribution in [0.2, 0.25) is 0 Å². The van der Waals surface area contributed by atoms with Crippen LogP contribution < -0.4 is 0 Å². The van der Waals surface area contributed by atoms with E-state index in [1.165, 1.54) is 12.1 Å². The summed E-state index contributed by atoms with van der Waals surface area (Å²) >= 11 is 0. The predicted octanol–water partition coefficient (Wildman–Crippen LogP) is 0.608. The second-order valence-electron chi connectivity index (χ2n) is 2.60. The molecule has 0 aromatic heterocycles. The van der Waals surface area contributed by atoms with Crippen molar-refractivity contribution in [3.8, 4) is 0 Å². The van der Waals surface area contributed by atoms with Gasteiger partial charge in [0.15, 0.2) is 0 Å². The average molecular weight is 202 g/mol. The number of hydrogen-bond donors (Lipinski definition) is 2. The molecule has 4 nitrogen and oxygen atoms in total. The van der Waals surface area contributed by atoms with Crippen molar-refractivity contribution >= 4 is 10.1 Å². The molecule has 0 aliphatic heterocycles. The Hall–Kier alpha value is -0.910. The second kappa shape index (κ2) is 3.87. The molecular formula is C8H10O4S. The summed E-state index contributed by atoms with van der Waals surface area (Å²) in [6.45, 7) is -0.622. The van der Waals surface area contributed by atoms with Crippen LogP contribution in [0.15, 0.2) is 30.3 Å². The summed E-state index contributed by atoms with van der Waals surface area (Å²) in [5.41, 5.74) is 0.382. The topological polar surface area (TPSA) is 74.6 Å². The van der Waals surface area contributed by atoms with Gasteiger partial charge in [0.1, 0.15) is 5.25 Å². The molecule has 1 unspecified atom stereocenters. The Morgan fingerprint density at radius 1 is 1.23 bits per heavy atom. The van der Waals surface area contributed by atoms with E-state index in [2.05, 4.69) is 0 Å². The second-order valence-corrected chi connectivity index (χ2v) is 4.20. The van der Waals surface area contributed by atoms with Crippen LogP contribution in [0.4, 0.5) is 0 Å². The molecular weight excluding hydrogens is 192 g/mol. The summed E-state index contributed by atoms with van der Waals surface area (Å²) in [6.07, 6.45) is 0. The van der Waals surface area contributed by atoms with Crippen LogP contribution in [-0.2, 0) is 10.1 Å². The molecule has 1 rings (SSSR count). The third-order valence-electron chi connectivity index (χ3n) is 1.70. The lowest BCUT2D eigenvalue weighted by Gasteiger charge is -2.10. The molecule has 72 valence electrons. The first-order valence-corrected chi connectivity index (χ1v) is 5.18. The van der Waals surface area contributed by atoms with Gasteiger partial charge < -0.3 is 5.11 Å². The van der Waals surface area contributed by atoms with Crippen molar-refractivity contribution in [2.75, 3.05) is 6.61 Å². The molecule has 0 saturated heterocycles. The van der Waals surface area contributed by atoms with E-state index in [9.17, 15) is 8.42 Å². The van der Waals surface area contributed by atoms with E-state index < -0.39 is 22.0 Å². The molecule has 0 heterocycles. The fourth-order valence-corrected chi connectivity index (χ4v) is 1.73. The van der Waals surface area contributed by atoms with Crippen molar-refractivity contribution in [2.45, 2.75) is 5.25 Å². The SMILES string of the molecule is O=S(=O)(O)C(CO)c1ccccc1. The van der Waals surface area contributed by atoms with E-state index in [0.29, 0.717) is 5.56 Å². The van der Waals surface area contributed by atoms with Crippen LogP contribution >= 0.6 is 0 Å². The zero-order valence-electron chi connectivity index (χ0n) is 6.79. The summed E-state index contributed by atoms with van der Waals surface area (Å²) in [6, 6.07) is 8.08. The maximum Gasteiger partial charge on any atom is 0.274 e. The lowest BCUT2D eigenvalue weighted by molar-refractivity contribution is 0.285. The summed E-state index contributed by atoms with van der Waals surface area (Å²) < 4.78 is 30.3. The van der Waals surface area contributed by atoms with E-state index in [4.69, 9.17) is 9.66 Å². The van der Waals surface area contributed by atoms with Gasteiger partial charge in [-0.3, -0.25) is 4.55 Å². The molecule has 0 aliphatic carbocycles. The van der Waals surface area contributed by atoms with Gasteiger partial charge in [0, 0.05) is 0 Å². The molecule has 0 fully saturated rings. The molecule has 1 aromatic carbocycles. The molecule has 1 aromatic rings. The van der Waals surface area contributed by atoms with Crippen LogP contribution in [-0.4, -0.2) is 24.7 Å². The van der Waals surface area contributed by atoms with Crippen LogP contribution in [0.25, 0.3) is 0 Å². The highest BCUT2D eigenvalue weighted by Crippen LogP contribution is 2.19. The molecule has 0 saturated carbocycles. The summed E-state index contributed by atoms with van der Waals surface area (Å²) in [5.74, 6) is 0. The zero-order chi connectivity index (χ0) is 9.90. The minimum Gasteiger partial charge on any atom is -0.395 e. The first kappa shape index (κ1) is 10.2. The van der Waals surface area contributed by atoms with Gasteiger partial charge in [0.2, 0.25) is 0 Å². The third-order valence-corrected chi connectivity index (χ3v) is 2.84. The molecule has 0 aliphatic rings. The van der Waals surface area contributed by atoms with Gasteiger partial charge >= 0.3 is 0 Å². The number of aliphatic hydroxyl groups excluding tert-OH is 1. The Morgan fingerprint density at radius 2 is 1.77 bits per heavy atom. The molecule has 0 radical (unpaired) electrons. The van der Waals surface area contributed by atoms with Crippen LogP contribution in [0.1, 0.15) is 10.8 Å². The lowest BCUT2D eigenvalue weighted by atomic mass is 10.2. The normalized spacial score (nSPS) is 14.0. The number of rotatable bonds is 3. The molecule has 0 spiro atoms. The molecule has 0 amide bonds. The highest BCUT2D eigenvalue weighted by atomic mass is 32.2. The van der Waals surface area contributed by atoms with Crippen molar-refractivity contribution in [1.82, 2.24) is 0 Å². The van der Waals surface area contributed by atoms with Crippen LogP contribution in [0, 0.1) is 0 Å². The van der Waals surface area contributed by atoms with Crippen molar-refractivity contribution < 1.29 is 18.1 Å². The smallest absolute Gasteiger partial charge is 0.274 e. The number of benzene rings is 1. The van der Waals surface area contributed by atoms with E-state index in [0.717, 1.165) is 0 Å². The van der Waals surface area contributed by atoms with Crippen molar-refractivity contribution in [2.24, 2.45) is 0 Å². The van der Waals surface area contributed by atoms with E-state index in [1.807, 2.05) is 0 Å². The quantitative estimate of drug-likeness (QED) is 0.704. The molecule has 2 N–H and O–H groups in total. The first-order valence-electron chi connectivity index (χ1n) is 3.68. The lowest BCUT2D eigenvalue weighted by Crippen LogP contribution is -2.15. The minimum atomic E-state index is -4.22. The minimum absolute atomic E-state index is 0.382. The third kappa shape index (κ3) is 2.51. The fourth-order valence-electron chi connectivity index (χ4n) is 1.04. The average Bonchev–Trinajstić information content (AvgIpc) is 2.05. The predicted molar refractivity (Wildman–Crippen MR) is 47.8 cm³/mol. The van der Waals surface area contributed by atoms with Gasteiger partial charge in [-0.25, -0.2) is 0 Å². The monoisotopic (exact) mass is 202 g/mol. The molecule has 13 heavy (non-hydrogen) atoms. The fraction of sp³-hybridized carbons (Fsp3) is 0.250. The largest absolute Gasteiger partial charge is 0.395 e. The number of aliphatic hydroxyl groups is 1. The van der Waals surface area contributed by atoms with E-state index >= 15 is 0 Å². The van der Waals surface area contributed by atoms with Crippen molar-refractivity contribution in [3.05, 3.63) is 35.9 Å². The highest BCUT2D eigenvalue weighted by molar-refractivity contribution is 7.86. The number of hydrogen-bond acceptors (Lipinski definition) is 3. The Bertz CT molecular complexity index is 357. The first-order chi connectivity index (χ1) is 6.05. The van der Waals surface area contributed by atoms with Crippen molar-refractivity contribution in [1.29, 1.82) is 0 Å². The Labute approximate surface area is 76.6 Å². The Morgan fingerprint density at radius 3 is 2.15 bits per heavy atom. The summed E-state index contributed by atoms with van der Waals surface area (Å²) in [5, 5.41) is 7.53. The maximum atomic E-state index is 10.8. The van der Waals surface area contributed by atoms with Gasteiger partial charge in [-0.1, -0.05) is 30.3 Å². The zero-order valence-corrected chi connectivity index (χ0v) is 7.61. The van der Waals surface area contributed by atoms with Gasteiger partial charge in [-0.15, -0.1) is 0 Å². The van der Waals surface area contributed by atoms with Gasteiger partial charge in [0.05, 0.1) is 6.61 Å². The van der Waals surface area contributed by atoms with Crippen molar-refractivity contribution in [3.63, 3.8) is 0 Å². The Balaban J connectivity index is 3.06. The van der Waals surface area contributed by atoms with Crippen LogP contribution in [0.5, 0.6) is 0 Å². The van der Waals surface area contributed by atoms with Gasteiger partial charge in [-0.2, -0.15) is 8.42 Å². The van der Waals surface area contributed by atoms with Gasteiger partial charge in [-0.05, 0) is 5.56 Å². The standard InChI is InChI=1S/C8H10O4S/c9-6-8(13(10,11)12)7-4-2-1-3-5-7/h1-5,8-9H,6H2,(H,10,11,12). The molecule has 1 atom stereocenters. The summed E-state index contributed by atoms with van der Waals surface area (Å²) in [7, 11) is -4.22. The van der Waals surface area contributed by atoms with E-state index in [1.54, 1.807) is 18.2 Å². The molecule has 0 bridgehead atoms. The highest BCUT2D eigenvalue weighted by Gasteiger charge is 2.23. The molecule has 5 heteroatoms.